The van der Waals surface area contributed by atoms with E-state index in [2.05, 4.69) is 22.1 Å². The van der Waals surface area contributed by atoms with Crippen LogP contribution in [0.5, 0.6) is 0 Å². The topological polar surface area (TPSA) is 74.3 Å². The van der Waals surface area contributed by atoms with Gasteiger partial charge in [-0.3, -0.25) is 8.75 Å². The molecule has 144 valence electrons. The molecule has 0 radical (unpaired) electrons. The van der Waals surface area contributed by atoms with Crippen molar-refractivity contribution in [2.45, 2.75) is 46.9 Å². The molecular formula is C18H22ClN5O2S. The second-order valence-electron chi connectivity index (χ2n) is 6.10. The van der Waals surface area contributed by atoms with E-state index in [1.54, 1.807) is 4.80 Å². The second kappa shape index (κ2) is 8.77. The standard InChI is InChI=1S/C18H22ClN5O2S/c1-4-8-24-21-14-7-6-13(9-15(14)22-24)10-16(25)20-18-17(19)12(3)23(27-18)11-26-5-2/h6-7,9H,4-5,8,10-11H2,1-3H3. The van der Waals surface area contributed by atoms with E-state index in [9.17, 15) is 4.79 Å². The Morgan fingerprint density at radius 3 is 2.81 bits per heavy atom. The SMILES string of the molecule is CCCn1nc2ccc(CC(=O)N=c3sn(COCC)c(C)c3Cl)cc2n1. The molecule has 0 fully saturated rings. The molecule has 0 saturated carbocycles. The maximum Gasteiger partial charge on any atom is 0.251 e. The van der Waals surface area contributed by atoms with E-state index in [4.69, 9.17) is 16.3 Å². The first-order chi connectivity index (χ1) is 13.0. The van der Waals surface area contributed by atoms with Gasteiger partial charge in [0, 0.05) is 12.3 Å². The Bertz CT molecular complexity index is 1020. The predicted molar refractivity (Wildman–Crippen MR) is 106 cm³/mol. The fraction of sp³-hybridized carbons (Fsp3) is 0.444. The van der Waals surface area contributed by atoms with Crippen LogP contribution in [0.2, 0.25) is 5.02 Å². The summed E-state index contributed by atoms with van der Waals surface area (Å²) in [6, 6.07) is 5.66. The van der Waals surface area contributed by atoms with Gasteiger partial charge in [-0.2, -0.15) is 20.0 Å². The lowest BCUT2D eigenvalue weighted by Gasteiger charge is -2.03. The largest absolute Gasteiger partial charge is 0.360 e. The van der Waals surface area contributed by atoms with Crippen LogP contribution in [0, 0.1) is 6.92 Å². The number of hydrogen-bond donors (Lipinski definition) is 0. The summed E-state index contributed by atoms with van der Waals surface area (Å²) in [5, 5.41) is 9.34. The molecule has 7 nitrogen and oxygen atoms in total. The first kappa shape index (κ1) is 19.7. The summed E-state index contributed by atoms with van der Waals surface area (Å²) >= 11 is 7.64. The molecular weight excluding hydrogens is 386 g/mol. The number of halogens is 1. The van der Waals surface area contributed by atoms with Crippen molar-refractivity contribution in [1.29, 1.82) is 0 Å². The molecule has 0 atom stereocenters. The molecule has 0 aliphatic heterocycles. The van der Waals surface area contributed by atoms with E-state index in [0.29, 0.717) is 23.0 Å². The molecule has 27 heavy (non-hydrogen) atoms. The van der Waals surface area contributed by atoms with Crippen molar-refractivity contribution in [2.24, 2.45) is 4.99 Å². The van der Waals surface area contributed by atoms with Crippen LogP contribution in [0.25, 0.3) is 11.0 Å². The minimum Gasteiger partial charge on any atom is -0.360 e. The molecule has 1 amide bonds. The number of aryl methyl sites for hydroxylation is 1. The summed E-state index contributed by atoms with van der Waals surface area (Å²) in [5.41, 5.74) is 3.31. The highest BCUT2D eigenvalue weighted by molar-refractivity contribution is 7.04. The van der Waals surface area contributed by atoms with Gasteiger partial charge in [-0.1, -0.05) is 24.6 Å². The monoisotopic (exact) mass is 407 g/mol. The van der Waals surface area contributed by atoms with Crippen LogP contribution < -0.4 is 4.67 Å². The first-order valence-corrected chi connectivity index (χ1v) is 10.0. The van der Waals surface area contributed by atoms with E-state index in [-0.39, 0.29) is 12.3 Å². The van der Waals surface area contributed by atoms with E-state index < -0.39 is 0 Å². The number of carbonyl (C=O) groups is 1. The smallest absolute Gasteiger partial charge is 0.251 e. The number of amides is 1. The fourth-order valence-corrected chi connectivity index (χ4v) is 3.82. The van der Waals surface area contributed by atoms with Gasteiger partial charge in [-0.05, 0) is 49.5 Å². The van der Waals surface area contributed by atoms with Gasteiger partial charge in [0.1, 0.15) is 17.8 Å². The van der Waals surface area contributed by atoms with Crippen LogP contribution in [0.1, 0.15) is 31.5 Å². The van der Waals surface area contributed by atoms with Crippen molar-refractivity contribution in [3.8, 4) is 0 Å². The van der Waals surface area contributed by atoms with Crippen molar-refractivity contribution in [3.63, 3.8) is 0 Å². The number of rotatable bonds is 7. The van der Waals surface area contributed by atoms with Gasteiger partial charge in [-0.15, -0.1) is 0 Å². The van der Waals surface area contributed by atoms with Crippen molar-refractivity contribution >= 4 is 40.1 Å². The average Bonchev–Trinajstić information content (AvgIpc) is 3.15. The molecule has 9 heteroatoms. The molecule has 3 aromatic rings. The van der Waals surface area contributed by atoms with Gasteiger partial charge < -0.3 is 4.74 Å². The van der Waals surface area contributed by atoms with Crippen LogP contribution >= 0.6 is 23.1 Å². The lowest BCUT2D eigenvalue weighted by atomic mass is 10.1. The molecule has 2 heterocycles. The van der Waals surface area contributed by atoms with Crippen molar-refractivity contribution in [1.82, 2.24) is 19.0 Å². The molecule has 1 aromatic carbocycles. The Labute approximate surface area is 166 Å². The van der Waals surface area contributed by atoms with Crippen LogP contribution in [0.15, 0.2) is 23.2 Å². The van der Waals surface area contributed by atoms with Gasteiger partial charge in [0.2, 0.25) is 0 Å². The maximum absolute atomic E-state index is 12.4. The Kier molecular flexibility index (Phi) is 6.41. The lowest BCUT2D eigenvalue weighted by Crippen LogP contribution is -2.06. The normalized spacial score (nSPS) is 12.2. The number of ether oxygens (including phenoxy) is 1. The number of carbonyl (C=O) groups excluding carboxylic acids is 1. The summed E-state index contributed by atoms with van der Waals surface area (Å²) in [4.78, 5) is 18.3. The summed E-state index contributed by atoms with van der Waals surface area (Å²) in [5.74, 6) is -0.248. The molecule has 0 aliphatic carbocycles. The molecule has 0 saturated heterocycles. The highest BCUT2D eigenvalue weighted by atomic mass is 35.5. The lowest BCUT2D eigenvalue weighted by molar-refractivity contribution is -0.117. The van der Waals surface area contributed by atoms with Gasteiger partial charge in [0.15, 0.2) is 4.67 Å². The Morgan fingerprint density at radius 1 is 1.30 bits per heavy atom. The number of nitrogens with zero attached hydrogens (tertiary/aromatic N) is 5. The molecule has 2 aromatic heterocycles. The zero-order valence-electron chi connectivity index (χ0n) is 15.6. The van der Waals surface area contributed by atoms with Crippen molar-refractivity contribution in [2.75, 3.05) is 6.61 Å². The Balaban J connectivity index is 1.79. The first-order valence-electron chi connectivity index (χ1n) is 8.87. The third-order valence-electron chi connectivity index (χ3n) is 3.98. The van der Waals surface area contributed by atoms with E-state index in [0.717, 1.165) is 35.3 Å². The van der Waals surface area contributed by atoms with Gasteiger partial charge in [0.05, 0.1) is 18.0 Å². The minimum absolute atomic E-state index is 0.190. The number of aromatic nitrogens is 4. The van der Waals surface area contributed by atoms with Crippen LogP contribution in [0.4, 0.5) is 0 Å². The molecule has 0 bridgehead atoms. The third-order valence-corrected chi connectivity index (χ3v) is 5.61. The summed E-state index contributed by atoms with van der Waals surface area (Å²) in [6.45, 7) is 7.68. The van der Waals surface area contributed by atoms with Gasteiger partial charge in [0.25, 0.3) is 5.91 Å². The quantitative estimate of drug-likeness (QED) is 0.602. The highest BCUT2D eigenvalue weighted by Gasteiger charge is 2.11. The van der Waals surface area contributed by atoms with E-state index in [1.165, 1.54) is 11.5 Å². The van der Waals surface area contributed by atoms with Crippen LogP contribution in [0.3, 0.4) is 0 Å². The summed E-state index contributed by atoms with van der Waals surface area (Å²) in [6.07, 6.45) is 1.16. The molecule has 0 spiro atoms. The van der Waals surface area contributed by atoms with Gasteiger partial charge >= 0.3 is 0 Å². The second-order valence-corrected chi connectivity index (χ2v) is 7.49. The molecule has 0 N–H and O–H groups in total. The molecule has 0 unspecified atom stereocenters. The summed E-state index contributed by atoms with van der Waals surface area (Å²) in [7, 11) is 0. The number of benzene rings is 1. The maximum atomic E-state index is 12.4. The highest BCUT2D eigenvalue weighted by Crippen LogP contribution is 2.16. The van der Waals surface area contributed by atoms with E-state index in [1.807, 2.05) is 36.0 Å². The average molecular weight is 408 g/mol. The summed E-state index contributed by atoms with van der Waals surface area (Å²) < 4.78 is 7.80. The van der Waals surface area contributed by atoms with Crippen LogP contribution in [-0.2, 0) is 29.2 Å². The third kappa shape index (κ3) is 4.63. The molecule has 3 rings (SSSR count). The number of hydrogen-bond acceptors (Lipinski definition) is 5. The molecule has 0 aliphatic rings. The fourth-order valence-electron chi connectivity index (χ4n) is 2.59. The Hall–Kier alpha value is -2.03. The Morgan fingerprint density at radius 2 is 2.07 bits per heavy atom. The van der Waals surface area contributed by atoms with Crippen LogP contribution in [-0.4, -0.2) is 31.5 Å². The van der Waals surface area contributed by atoms with E-state index >= 15 is 0 Å². The van der Waals surface area contributed by atoms with Gasteiger partial charge in [-0.25, -0.2) is 0 Å². The minimum atomic E-state index is -0.248. The van der Waals surface area contributed by atoms with Crippen molar-refractivity contribution < 1.29 is 9.53 Å². The zero-order chi connectivity index (χ0) is 19.4. The zero-order valence-corrected chi connectivity index (χ0v) is 17.2. The predicted octanol–water partition coefficient (Wildman–Crippen LogP) is 3.33. The number of fused-ring (bicyclic) bond motifs is 1. The van der Waals surface area contributed by atoms with Crippen molar-refractivity contribution in [3.05, 3.63) is 39.2 Å².